The Balaban J connectivity index is 1.84. The van der Waals surface area contributed by atoms with Crippen molar-refractivity contribution in [1.29, 1.82) is 0 Å². The fourth-order valence-corrected chi connectivity index (χ4v) is 2.61. The molecule has 7 nitrogen and oxygen atoms in total. The van der Waals surface area contributed by atoms with Gasteiger partial charge in [-0.05, 0) is 48.2 Å². The van der Waals surface area contributed by atoms with Gasteiger partial charge in [-0.2, -0.15) is 4.98 Å². The van der Waals surface area contributed by atoms with Crippen LogP contribution in [-0.2, 0) is 4.79 Å². The topological polar surface area (TPSA) is 82.2 Å². The van der Waals surface area contributed by atoms with Gasteiger partial charge in [-0.15, -0.1) is 5.10 Å². The van der Waals surface area contributed by atoms with E-state index in [1.165, 1.54) is 0 Å². The van der Waals surface area contributed by atoms with E-state index in [0.29, 0.717) is 42.5 Å². The third-order valence-electron chi connectivity index (χ3n) is 3.86. The van der Waals surface area contributed by atoms with Crippen LogP contribution < -0.4 is 10.1 Å². The van der Waals surface area contributed by atoms with E-state index < -0.39 is 0 Å². The quantitative estimate of drug-likeness (QED) is 0.618. The third kappa shape index (κ3) is 5.00. The highest BCUT2D eigenvalue weighted by Gasteiger charge is 2.17. The first-order valence-electron chi connectivity index (χ1n) is 9.46. The van der Waals surface area contributed by atoms with Crippen molar-refractivity contribution >= 4 is 11.6 Å². The normalized spacial score (nSPS) is 11.2. The highest BCUT2D eigenvalue weighted by Crippen LogP contribution is 2.25. The number of amides is 1. The molecule has 0 fully saturated rings. The van der Waals surface area contributed by atoms with E-state index in [1.807, 2.05) is 44.2 Å². The second kappa shape index (κ2) is 8.73. The van der Waals surface area contributed by atoms with E-state index in [0.717, 1.165) is 11.4 Å². The zero-order chi connectivity index (χ0) is 20.1. The molecule has 28 heavy (non-hydrogen) atoms. The molecule has 2 heterocycles. The number of rotatable bonds is 8. The summed E-state index contributed by atoms with van der Waals surface area (Å²) in [6.07, 6.45) is 2.08. The molecule has 0 saturated carbocycles. The monoisotopic (exact) mass is 382 g/mol. The average molecular weight is 382 g/mol. The minimum absolute atomic E-state index is 0.00384. The molecule has 0 atom stereocenters. The van der Waals surface area contributed by atoms with Crippen molar-refractivity contribution in [1.82, 2.24) is 14.8 Å². The van der Waals surface area contributed by atoms with Crippen LogP contribution in [0.2, 0.25) is 0 Å². The smallest absolute Gasteiger partial charge is 0.336 e. The van der Waals surface area contributed by atoms with Crippen LogP contribution in [0.4, 0.5) is 5.69 Å². The summed E-state index contributed by atoms with van der Waals surface area (Å²) >= 11 is 0. The molecule has 0 bridgehead atoms. The average Bonchev–Trinajstić information content (AvgIpc) is 3.29. The molecule has 0 unspecified atom stereocenters. The summed E-state index contributed by atoms with van der Waals surface area (Å²) in [4.78, 5) is 16.4. The van der Waals surface area contributed by atoms with Crippen LogP contribution in [0.3, 0.4) is 0 Å². The summed E-state index contributed by atoms with van der Waals surface area (Å²) in [6, 6.07) is 11.4. The van der Waals surface area contributed by atoms with Gasteiger partial charge in [-0.3, -0.25) is 4.79 Å². The zero-order valence-electron chi connectivity index (χ0n) is 16.7. The second-order valence-corrected chi connectivity index (χ2v) is 7.50. The maximum atomic E-state index is 11.9. The molecule has 0 saturated heterocycles. The number of nitrogens with zero attached hydrogens (tertiary/aromatic N) is 3. The Bertz CT molecular complexity index is 896. The molecule has 3 rings (SSSR count). The van der Waals surface area contributed by atoms with Gasteiger partial charge in [0.05, 0.1) is 18.6 Å². The number of anilines is 1. The summed E-state index contributed by atoms with van der Waals surface area (Å²) in [6.45, 7) is 8.70. The predicted molar refractivity (Wildman–Crippen MR) is 107 cm³/mol. The van der Waals surface area contributed by atoms with Gasteiger partial charge in [0.1, 0.15) is 0 Å². The van der Waals surface area contributed by atoms with Crippen LogP contribution in [0.5, 0.6) is 6.01 Å². The van der Waals surface area contributed by atoms with Crippen LogP contribution in [0, 0.1) is 11.8 Å². The number of ether oxygens (including phenoxy) is 1. The molecule has 1 N–H and O–H groups in total. The van der Waals surface area contributed by atoms with Crippen molar-refractivity contribution in [3.8, 4) is 23.3 Å². The Morgan fingerprint density at radius 2 is 1.89 bits per heavy atom. The molecule has 0 radical (unpaired) electrons. The summed E-state index contributed by atoms with van der Waals surface area (Å²) in [7, 11) is 0. The first kappa shape index (κ1) is 19.7. The first-order valence-corrected chi connectivity index (χ1v) is 9.46. The number of carbonyl (C=O) groups is 1. The highest BCUT2D eigenvalue weighted by atomic mass is 16.5. The minimum Gasteiger partial charge on any atom is -0.462 e. The van der Waals surface area contributed by atoms with Gasteiger partial charge < -0.3 is 14.5 Å². The fourth-order valence-electron chi connectivity index (χ4n) is 2.61. The molecule has 0 aliphatic heterocycles. The highest BCUT2D eigenvalue weighted by molar-refractivity contribution is 5.90. The van der Waals surface area contributed by atoms with Crippen LogP contribution in [0.1, 0.15) is 34.1 Å². The lowest BCUT2D eigenvalue weighted by Gasteiger charge is -2.09. The Hall–Kier alpha value is -3.09. The van der Waals surface area contributed by atoms with Gasteiger partial charge in [0.15, 0.2) is 5.76 Å². The van der Waals surface area contributed by atoms with Crippen LogP contribution in [0.15, 0.2) is 47.1 Å². The zero-order valence-corrected chi connectivity index (χ0v) is 16.7. The van der Waals surface area contributed by atoms with Gasteiger partial charge in [0, 0.05) is 12.1 Å². The Morgan fingerprint density at radius 3 is 2.50 bits per heavy atom. The molecular weight excluding hydrogens is 356 g/mol. The first-order chi connectivity index (χ1) is 13.4. The molecule has 148 valence electrons. The molecule has 0 aliphatic carbocycles. The number of hydrogen-bond acceptors (Lipinski definition) is 5. The van der Waals surface area contributed by atoms with Crippen molar-refractivity contribution in [3.05, 3.63) is 42.7 Å². The molecule has 7 heteroatoms. The molecule has 1 amide bonds. The SMILES string of the molecule is CC(C)COc1nc(-c2ccco2)n(-c2ccc(NC(=O)CC(C)C)cc2)n1. The van der Waals surface area contributed by atoms with Gasteiger partial charge in [-0.1, -0.05) is 27.7 Å². The molecule has 0 aliphatic rings. The van der Waals surface area contributed by atoms with Gasteiger partial charge in [0.25, 0.3) is 0 Å². The minimum atomic E-state index is 0.00384. The second-order valence-electron chi connectivity index (χ2n) is 7.50. The number of aromatic nitrogens is 3. The van der Waals surface area contributed by atoms with Gasteiger partial charge >= 0.3 is 6.01 Å². The van der Waals surface area contributed by atoms with Crippen molar-refractivity contribution in [3.63, 3.8) is 0 Å². The number of nitrogens with one attached hydrogen (secondary N) is 1. The van der Waals surface area contributed by atoms with Crippen molar-refractivity contribution < 1.29 is 13.9 Å². The van der Waals surface area contributed by atoms with E-state index >= 15 is 0 Å². The summed E-state index contributed by atoms with van der Waals surface area (Å²) in [5, 5.41) is 7.38. The number of benzene rings is 1. The summed E-state index contributed by atoms with van der Waals surface area (Å²) < 4.78 is 12.9. The largest absolute Gasteiger partial charge is 0.462 e. The lowest BCUT2D eigenvalue weighted by Crippen LogP contribution is -2.13. The van der Waals surface area contributed by atoms with E-state index in [1.54, 1.807) is 17.0 Å². The lowest BCUT2D eigenvalue weighted by molar-refractivity contribution is -0.116. The molecular formula is C21H26N4O3. The Kier molecular flexibility index (Phi) is 6.13. The Morgan fingerprint density at radius 1 is 1.14 bits per heavy atom. The lowest BCUT2D eigenvalue weighted by atomic mass is 10.1. The van der Waals surface area contributed by atoms with Crippen molar-refractivity contribution in [2.75, 3.05) is 11.9 Å². The maximum absolute atomic E-state index is 11.9. The molecule has 3 aromatic rings. The Labute approximate surface area is 164 Å². The van der Waals surface area contributed by atoms with Crippen molar-refractivity contribution in [2.24, 2.45) is 11.8 Å². The van der Waals surface area contributed by atoms with Crippen LogP contribution in [-0.4, -0.2) is 27.3 Å². The fraction of sp³-hybridized carbons (Fsp3) is 0.381. The molecule has 2 aromatic heterocycles. The van der Waals surface area contributed by atoms with Gasteiger partial charge in [-0.25, -0.2) is 4.68 Å². The van der Waals surface area contributed by atoms with Crippen molar-refractivity contribution in [2.45, 2.75) is 34.1 Å². The number of hydrogen-bond donors (Lipinski definition) is 1. The standard InChI is InChI=1S/C21H26N4O3/c1-14(2)12-19(26)22-16-7-9-17(10-8-16)25-20(18-6-5-11-27-18)23-21(24-25)28-13-15(3)4/h5-11,14-15H,12-13H2,1-4H3,(H,22,26). The third-order valence-corrected chi connectivity index (χ3v) is 3.86. The van der Waals surface area contributed by atoms with E-state index in [2.05, 4.69) is 29.2 Å². The van der Waals surface area contributed by atoms with Crippen LogP contribution >= 0.6 is 0 Å². The van der Waals surface area contributed by atoms with E-state index in [-0.39, 0.29) is 5.91 Å². The molecule has 1 aromatic carbocycles. The summed E-state index contributed by atoms with van der Waals surface area (Å²) in [5.41, 5.74) is 1.53. The van der Waals surface area contributed by atoms with Crippen LogP contribution in [0.25, 0.3) is 17.3 Å². The van der Waals surface area contributed by atoms with Gasteiger partial charge in [0.2, 0.25) is 11.7 Å². The number of carbonyl (C=O) groups excluding carboxylic acids is 1. The van der Waals surface area contributed by atoms with E-state index in [9.17, 15) is 4.79 Å². The summed E-state index contributed by atoms with van der Waals surface area (Å²) in [5.74, 6) is 1.84. The number of furan rings is 1. The maximum Gasteiger partial charge on any atom is 0.336 e. The predicted octanol–water partition coefficient (Wildman–Crippen LogP) is 4.55. The van der Waals surface area contributed by atoms with E-state index in [4.69, 9.17) is 9.15 Å². The molecule has 0 spiro atoms.